The van der Waals surface area contributed by atoms with E-state index in [0.717, 1.165) is 52.5 Å². The van der Waals surface area contributed by atoms with Crippen molar-refractivity contribution in [1.82, 2.24) is 4.90 Å². The summed E-state index contributed by atoms with van der Waals surface area (Å²) in [6, 6.07) is 25.7. The Morgan fingerprint density at radius 2 is 1.62 bits per heavy atom. The standard InChI is InChI=1S/C34H36Br2N2O2/c1-22-28-18-32-34(29-4-2-3-5-30(29)38(33(34)39)19-23-6-11-26(35)12-7-23)16-17-37(32)20-25(28)10-15-31(22)40-21-24-8-13-27(36)14-9-24/h2-9,11-14,22,25,28,31-32H,10,15-21H2,1H3/t22-,25+,28-,31+,32+,34+/m1/s1. The number of anilines is 1. The summed E-state index contributed by atoms with van der Waals surface area (Å²) < 4.78 is 8.72. The van der Waals surface area contributed by atoms with E-state index in [1.807, 2.05) is 0 Å². The van der Waals surface area contributed by atoms with Crippen molar-refractivity contribution in [3.63, 3.8) is 0 Å². The molecular formula is C34H36Br2N2O2. The molecule has 3 aliphatic heterocycles. The number of hydrogen-bond donors (Lipinski definition) is 0. The molecule has 1 amide bonds. The van der Waals surface area contributed by atoms with Gasteiger partial charge in [0.2, 0.25) is 5.91 Å². The summed E-state index contributed by atoms with van der Waals surface area (Å²) in [5.41, 5.74) is 4.29. The lowest BCUT2D eigenvalue weighted by molar-refractivity contribution is -0.126. The van der Waals surface area contributed by atoms with E-state index in [1.54, 1.807) is 0 Å². The lowest BCUT2D eigenvalue weighted by atomic mass is 9.62. The molecule has 0 radical (unpaired) electrons. The van der Waals surface area contributed by atoms with Crippen molar-refractivity contribution in [2.45, 2.75) is 63.3 Å². The molecule has 3 aromatic rings. The fraction of sp³-hybridized carbons (Fsp3) is 0.441. The molecule has 1 spiro atoms. The molecule has 208 valence electrons. The molecule has 40 heavy (non-hydrogen) atoms. The van der Waals surface area contributed by atoms with Crippen molar-refractivity contribution in [3.8, 4) is 0 Å². The number of halogens is 2. The van der Waals surface area contributed by atoms with Gasteiger partial charge >= 0.3 is 0 Å². The number of fused-ring (bicyclic) bond motifs is 5. The van der Waals surface area contributed by atoms with Gasteiger partial charge in [0.1, 0.15) is 0 Å². The van der Waals surface area contributed by atoms with Crippen LogP contribution in [-0.2, 0) is 28.1 Å². The maximum atomic E-state index is 14.6. The molecule has 1 saturated carbocycles. The second-order valence-corrected chi connectivity index (χ2v) is 14.2. The van der Waals surface area contributed by atoms with Crippen molar-refractivity contribution >= 4 is 43.5 Å². The minimum Gasteiger partial charge on any atom is -0.373 e. The summed E-state index contributed by atoms with van der Waals surface area (Å²) in [6.45, 7) is 5.81. The Morgan fingerprint density at radius 1 is 0.925 bits per heavy atom. The highest BCUT2D eigenvalue weighted by atomic mass is 79.9. The third-order valence-corrected chi connectivity index (χ3v) is 11.4. The highest BCUT2D eigenvalue weighted by Crippen LogP contribution is 2.56. The van der Waals surface area contributed by atoms with E-state index in [1.165, 1.54) is 17.5 Å². The van der Waals surface area contributed by atoms with E-state index < -0.39 is 5.41 Å². The minimum absolute atomic E-state index is 0.255. The van der Waals surface area contributed by atoms with Crippen LogP contribution in [0.5, 0.6) is 0 Å². The van der Waals surface area contributed by atoms with Crippen LogP contribution in [0.3, 0.4) is 0 Å². The van der Waals surface area contributed by atoms with Gasteiger partial charge in [-0.05, 0) is 97.0 Å². The predicted molar refractivity (Wildman–Crippen MR) is 166 cm³/mol. The predicted octanol–water partition coefficient (Wildman–Crippen LogP) is 7.72. The Hall–Kier alpha value is -1.99. The van der Waals surface area contributed by atoms with Gasteiger partial charge in [0, 0.05) is 27.2 Å². The first-order chi connectivity index (χ1) is 19.4. The number of hydrogen-bond acceptors (Lipinski definition) is 3. The van der Waals surface area contributed by atoms with Crippen LogP contribution in [0.25, 0.3) is 0 Å². The Morgan fingerprint density at radius 3 is 2.38 bits per heavy atom. The molecule has 7 rings (SSSR count). The number of carbonyl (C=O) groups excluding carboxylic acids is 1. The Balaban J connectivity index is 1.13. The van der Waals surface area contributed by atoms with Gasteiger partial charge in [-0.15, -0.1) is 0 Å². The number of para-hydroxylation sites is 1. The van der Waals surface area contributed by atoms with Crippen molar-refractivity contribution < 1.29 is 9.53 Å². The fourth-order valence-electron chi connectivity index (χ4n) is 8.34. The summed E-state index contributed by atoms with van der Waals surface area (Å²) in [5.74, 6) is 2.06. The Kier molecular flexibility index (Phi) is 7.18. The van der Waals surface area contributed by atoms with Crippen LogP contribution < -0.4 is 4.90 Å². The molecular weight excluding hydrogens is 628 g/mol. The molecule has 3 fully saturated rings. The van der Waals surface area contributed by atoms with Gasteiger partial charge in [-0.1, -0.05) is 81.2 Å². The summed E-state index contributed by atoms with van der Waals surface area (Å²) in [6.07, 6.45) is 4.62. The van der Waals surface area contributed by atoms with Gasteiger partial charge in [0.05, 0.1) is 24.7 Å². The largest absolute Gasteiger partial charge is 0.373 e. The second-order valence-electron chi connectivity index (χ2n) is 12.3. The number of rotatable bonds is 5. The lowest BCUT2D eigenvalue weighted by Crippen LogP contribution is -2.57. The molecule has 0 bridgehead atoms. The molecule has 3 aromatic carbocycles. The molecule has 4 aliphatic rings. The molecule has 2 saturated heterocycles. The van der Waals surface area contributed by atoms with Gasteiger partial charge in [0.25, 0.3) is 0 Å². The molecule has 1 aliphatic carbocycles. The lowest BCUT2D eigenvalue weighted by Gasteiger charge is -2.51. The maximum Gasteiger partial charge on any atom is 0.239 e. The number of carbonyl (C=O) groups is 1. The van der Waals surface area contributed by atoms with Gasteiger partial charge in [-0.25, -0.2) is 0 Å². The highest BCUT2D eigenvalue weighted by molar-refractivity contribution is 9.10. The average Bonchev–Trinajstić information content (AvgIpc) is 3.46. The monoisotopic (exact) mass is 662 g/mol. The van der Waals surface area contributed by atoms with Crippen molar-refractivity contribution in [2.24, 2.45) is 17.8 Å². The third kappa shape index (κ3) is 4.50. The Bertz CT molecular complexity index is 1390. The summed E-state index contributed by atoms with van der Waals surface area (Å²) in [5, 5.41) is 0. The molecule has 0 N–H and O–H groups in total. The van der Waals surface area contributed by atoms with E-state index in [4.69, 9.17) is 4.74 Å². The average molecular weight is 664 g/mol. The topological polar surface area (TPSA) is 32.8 Å². The first kappa shape index (κ1) is 26.9. The summed E-state index contributed by atoms with van der Waals surface area (Å²) in [4.78, 5) is 19.3. The van der Waals surface area contributed by atoms with Crippen LogP contribution >= 0.6 is 31.9 Å². The molecule has 6 heteroatoms. The van der Waals surface area contributed by atoms with E-state index in [0.29, 0.717) is 36.8 Å². The van der Waals surface area contributed by atoms with E-state index in [-0.39, 0.29) is 12.1 Å². The molecule has 6 atom stereocenters. The number of nitrogens with zero attached hydrogens (tertiary/aromatic N) is 2. The second kappa shape index (κ2) is 10.7. The normalized spacial score (nSPS) is 31.3. The SMILES string of the molecule is C[C@@H]1[C@H]2C[C@@H]3N(CC[C@@]34C(=O)N(Cc3ccc(Br)cc3)c3ccccc34)C[C@@H]2CC[C@@H]1OCc1ccc(Br)cc1. The number of amides is 1. The van der Waals surface area contributed by atoms with Crippen molar-refractivity contribution in [1.29, 1.82) is 0 Å². The zero-order valence-corrected chi connectivity index (χ0v) is 26.1. The zero-order valence-electron chi connectivity index (χ0n) is 22.9. The number of piperidine rings is 1. The van der Waals surface area contributed by atoms with Crippen molar-refractivity contribution in [2.75, 3.05) is 18.0 Å². The van der Waals surface area contributed by atoms with Gasteiger partial charge < -0.3 is 9.64 Å². The van der Waals surface area contributed by atoms with E-state index >= 15 is 0 Å². The molecule has 0 unspecified atom stereocenters. The van der Waals surface area contributed by atoms with Crippen LogP contribution in [0.2, 0.25) is 0 Å². The first-order valence-corrected chi connectivity index (χ1v) is 16.3. The fourth-order valence-corrected chi connectivity index (χ4v) is 8.87. The number of benzene rings is 3. The van der Waals surface area contributed by atoms with Gasteiger partial charge in [-0.2, -0.15) is 0 Å². The van der Waals surface area contributed by atoms with Crippen LogP contribution in [0.1, 0.15) is 49.3 Å². The maximum absolute atomic E-state index is 14.6. The van der Waals surface area contributed by atoms with Crippen LogP contribution in [0, 0.1) is 17.8 Å². The van der Waals surface area contributed by atoms with Crippen LogP contribution in [0.15, 0.2) is 81.7 Å². The molecule has 0 aromatic heterocycles. The van der Waals surface area contributed by atoms with Crippen LogP contribution in [0.4, 0.5) is 5.69 Å². The number of ether oxygens (including phenoxy) is 1. The minimum atomic E-state index is -0.443. The van der Waals surface area contributed by atoms with E-state index in [2.05, 4.69) is 121 Å². The van der Waals surface area contributed by atoms with Crippen LogP contribution in [-0.4, -0.2) is 36.0 Å². The Labute approximate surface area is 254 Å². The highest BCUT2D eigenvalue weighted by Gasteiger charge is 2.62. The summed E-state index contributed by atoms with van der Waals surface area (Å²) >= 11 is 7.08. The van der Waals surface area contributed by atoms with Crippen molar-refractivity contribution in [3.05, 3.63) is 98.4 Å². The molecule has 4 nitrogen and oxygen atoms in total. The third-order valence-electron chi connectivity index (χ3n) is 10.4. The zero-order chi connectivity index (χ0) is 27.4. The molecule has 3 heterocycles. The quantitative estimate of drug-likeness (QED) is 0.280. The smallest absolute Gasteiger partial charge is 0.239 e. The van der Waals surface area contributed by atoms with Gasteiger partial charge in [0.15, 0.2) is 0 Å². The van der Waals surface area contributed by atoms with E-state index in [9.17, 15) is 4.79 Å². The van der Waals surface area contributed by atoms with Gasteiger partial charge in [-0.3, -0.25) is 9.69 Å². The first-order valence-electron chi connectivity index (χ1n) is 14.7. The summed E-state index contributed by atoms with van der Waals surface area (Å²) in [7, 11) is 0.